The first-order valence-corrected chi connectivity index (χ1v) is 8.83. The summed E-state index contributed by atoms with van der Waals surface area (Å²) in [6.07, 6.45) is 3.73. The summed E-state index contributed by atoms with van der Waals surface area (Å²) in [4.78, 5) is 26.0. The van der Waals surface area contributed by atoms with E-state index >= 15 is 0 Å². The van der Waals surface area contributed by atoms with Crippen LogP contribution in [-0.2, 0) is 23.1 Å². The highest BCUT2D eigenvalue weighted by Crippen LogP contribution is 2.34. The molecule has 1 aliphatic rings. The van der Waals surface area contributed by atoms with Crippen LogP contribution < -0.4 is 5.11 Å². The number of carboxylic acid groups (broad SMARTS) is 1. The van der Waals surface area contributed by atoms with Crippen molar-refractivity contribution in [2.24, 2.45) is 7.05 Å². The Morgan fingerprint density at radius 2 is 2.00 bits per heavy atom. The second kappa shape index (κ2) is 7.25. The molecule has 2 aromatic rings. The van der Waals surface area contributed by atoms with Crippen molar-refractivity contribution in [1.82, 2.24) is 9.47 Å². The van der Waals surface area contributed by atoms with Crippen molar-refractivity contribution in [1.29, 1.82) is 0 Å². The van der Waals surface area contributed by atoms with E-state index in [0.717, 1.165) is 27.9 Å². The number of aryl methyl sites for hydroxylation is 1. The Labute approximate surface area is 154 Å². The number of thiocarbonyl (C=S) groups is 1. The van der Waals surface area contributed by atoms with Crippen LogP contribution in [-0.4, -0.2) is 31.7 Å². The normalized spacial score (nSPS) is 17.3. The lowest BCUT2D eigenvalue weighted by atomic mass is 10.0. The highest BCUT2D eigenvalue weighted by atomic mass is 32.2. The van der Waals surface area contributed by atoms with Gasteiger partial charge in [-0.2, -0.15) is 0 Å². The third-order valence-corrected chi connectivity index (χ3v) is 5.27. The van der Waals surface area contributed by atoms with Gasteiger partial charge in [-0.15, -0.1) is 0 Å². The number of hydrogen-bond acceptors (Lipinski definition) is 5. The minimum Gasteiger partial charge on any atom is -0.548 e. The highest BCUT2D eigenvalue weighted by Gasteiger charge is 2.37. The predicted octanol–water partition coefficient (Wildman–Crippen LogP) is 1.59. The second-order valence-electron chi connectivity index (χ2n) is 5.62. The van der Waals surface area contributed by atoms with Gasteiger partial charge >= 0.3 is 0 Å². The minimum atomic E-state index is -1.32. The molecule has 0 spiro atoms. The Balaban J connectivity index is 1.88. The van der Waals surface area contributed by atoms with E-state index in [2.05, 4.69) is 0 Å². The van der Waals surface area contributed by atoms with E-state index in [1.807, 2.05) is 60.3 Å². The first-order valence-electron chi connectivity index (χ1n) is 7.60. The van der Waals surface area contributed by atoms with Gasteiger partial charge in [-0.05, 0) is 30.2 Å². The molecule has 3 rings (SSSR count). The van der Waals surface area contributed by atoms with Crippen LogP contribution in [0.15, 0.2) is 53.6 Å². The molecular weight excluding hydrogens is 356 g/mol. The summed E-state index contributed by atoms with van der Waals surface area (Å²) in [6, 6.07) is 11.7. The Hall–Kier alpha value is -2.38. The number of carbonyl (C=O) groups is 2. The Morgan fingerprint density at radius 3 is 2.60 bits per heavy atom. The van der Waals surface area contributed by atoms with Crippen LogP contribution in [0.25, 0.3) is 6.08 Å². The summed E-state index contributed by atoms with van der Waals surface area (Å²) < 4.78 is 2.10. The maximum Gasteiger partial charge on any atom is 0.266 e. The molecule has 1 saturated heterocycles. The van der Waals surface area contributed by atoms with Crippen LogP contribution in [0.4, 0.5) is 0 Å². The van der Waals surface area contributed by atoms with Gasteiger partial charge in [0.2, 0.25) is 0 Å². The van der Waals surface area contributed by atoms with E-state index in [9.17, 15) is 14.7 Å². The molecule has 1 aromatic heterocycles. The largest absolute Gasteiger partial charge is 0.548 e. The zero-order valence-electron chi connectivity index (χ0n) is 13.4. The monoisotopic (exact) mass is 371 g/mol. The number of nitrogens with zero attached hydrogens (tertiary/aromatic N) is 2. The van der Waals surface area contributed by atoms with Crippen molar-refractivity contribution in [3.63, 3.8) is 0 Å². The number of amides is 1. The van der Waals surface area contributed by atoms with Gasteiger partial charge in [0.25, 0.3) is 5.91 Å². The lowest BCUT2D eigenvalue weighted by Gasteiger charge is -2.27. The van der Waals surface area contributed by atoms with Crippen LogP contribution in [0.3, 0.4) is 0 Å². The molecule has 25 heavy (non-hydrogen) atoms. The van der Waals surface area contributed by atoms with E-state index < -0.39 is 17.9 Å². The highest BCUT2D eigenvalue weighted by molar-refractivity contribution is 8.26. The molecule has 0 saturated carbocycles. The summed E-state index contributed by atoms with van der Waals surface area (Å²) >= 11 is 6.37. The molecule has 0 radical (unpaired) electrons. The summed E-state index contributed by atoms with van der Waals surface area (Å²) in [5.41, 5.74) is 1.64. The van der Waals surface area contributed by atoms with Crippen molar-refractivity contribution in [2.45, 2.75) is 12.5 Å². The lowest BCUT2D eigenvalue weighted by Crippen LogP contribution is -2.51. The molecule has 0 aliphatic carbocycles. The quantitative estimate of drug-likeness (QED) is 0.590. The van der Waals surface area contributed by atoms with E-state index in [1.54, 1.807) is 6.08 Å². The third-order valence-electron chi connectivity index (χ3n) is 3.94. The van der Waals surface area contributed by atoms with Crippen LogP contribution in [0.1, 0.15) is 11.3 Å². The van der Waals surface area contributed by atoms with Crippen LogP contribution in [0.5, 0.6) is 0 Å². The Morgan fingerprint density at radius 1 is 1.28 bits per heavy atom. The Kier molecular flexibility index (Phi) is 5.06. The van der Waals surface area contributed by atoms with Gasteiger partial charge in [-0.25, -0.2) is 0 Å². The topological polar surface area (TPSA) is 65.4 Å². The van der Waals surface area contributed by atoms with Gasteiger partial charge in [0.05, 0.1) is 16.9 Å². The fourth-order valence-electron chi connectivity index (χ4n) is 2.62. The number of carboxylic acids is 1. The van der Waals surface area contributed by atoms with Crippen LogP contribution in [0.2, 0.25) is 0 Å². The summed E-state index contributed by atoms with van der Waals surface area (Å²) in [6.45, 7) is 0. The number of thioether (sulfide) groups is 1. The first-order chi connectivity index (χ1) is 12.0. The Bertz CT molecular complexity index is 858. The SMILES string of the molecule is Cn1cccc1/C=C1\SC(=S)N([C@H](Cc2ccccc2)C(=O)[O-])C1=O. The summed E-state index contributed by atoms with van der Waals surface area (Å²) in [5.74, 6) is -1.72. The van der Waals surface area contributed by atoms with Gasteiger partial charge in [-0.1, -0.05) is 54.3 Å². The van der Waals surface area contributed by atoms with Gasteiger partial charge in [0.1, 0.15) is 4.32 Å². The molecule has 2 heterocycles. The average Bonchev–Trinajstić information content (AvgIpc) is 3.10. The van der Waals surface area contributed by atoms with Crippen LogP contribution >= 0.6 is 24.0 Å². The number of rotatable bonds is 5. The second-order valence-corrected chi connectivity index (χ2v) is 7.30. The van der Waals surface area contributed by atoms with Crippen molar-refractivity contribution >= 4 is 46.3 Å². The summed E-state index contributed by atoms with van der Waals surface area (Å²) in [5, 5.41) is 11.7. The van der Waals surface area contributed by atoms with Crippen LogP contribution in [0, 0.1) is 0 Å². The van der Waals surface area contributed by atoms with E-state index in [-0.39, 0.29) is 10.7 Å². The third kappa shape index (κ3) is 3.67. The molecule has 0 bridgehead atoms. The summed E-state index contributed by atoms with van der Waals surface area (Å²) in [7, 11) is 1.87. The van der Waals surface area contributed by atoms with Crippen molar-refractivity contribution in [3.8, 4) is 0 Å². The molecule has 7 heteroatoms. The average molecular weight is 371 g/mol. The molecule has 128 valence electrons. The first kappa shape index (κ1) is 17.4. The van der Waals surface area contributed by atoms with Crippen molar-refractivity contribution in [3.05, 3.63) is 64.8 Å². The standard InChI is InChI=1S/C18H16N2O3S2/c1-19-9-5-8-13(19)11-15-16(21)20(18(24)25-15)14(17(22)23)10-12-6-3-2-4-7-12/h2-9,11,14H,10H2,1H3,(H,22,23)/p-1/b15-11-/t14-/m1/s1. The maximum atomic E-state index is 12.7. The van der Waals surface area contributed by atoms with Gasteiger partial charge < -0.3 is 14.5 Å². The molecule has 0 N–H and O–H groups in total. The molecular formula is C18H15N2O3S2-. The zero-order valence-corrected chi connectivity index (χ0v) is 15.0. The molecule has 1 aromatic carbocycles. The van der Waals surface area contributed by atoms with Crippen molar-refractivity contribution < 1.29 is 14.7 Å². The van der Waals surface area contributed by atoms with E-state index in [0.29, 0.717) is 4.91 Å². The molecule has 1 fully saturated rings. The number of aromatic nitrogens is 1. The molecule has 1 atom stereocenters. The van der Waals surface area contributed by atoms with E-state index in [4.69, 9.17) is 12.2 Å². The molecule has 0 unspecified atom stereocenters. The van der Waals surface area contributed by atoms with Crippen molar-refractivity contribution in [2.75, 3.05) is 0 Å². The van der Waals surface area contributed by atoms with Gasteiger partial charge in [0.15, 0.2) is 0 Å². The number of carbonyl (C=O) groups excluding carboxylic acids is 2. The maximum absolute atomic E-state index is 12.7. The number of aliphatic carboxylic acids is 1. The fraction of sp³-hybridized carbons (Fsp3) is 0.167. The molecule has 1 aliphatic heterocycles. The number of hydrogen-bond donors (Lipinski definition) is 0. The molecule has 1 amide bonds. The minimum absolute atomic E-state index is 0.146. The van der Waals surface area contributed by atoms with E-state index in [1.165, 1.54) is 0 Å². The fourth-order valence-corrected chi connectivity index (χ4v) is 3.97. The molecule has 5 nitrogen and oxygen atoms in total. The van der Waals surface area contributed by atoms with Gasteiger partial charge in [-0.3, -0.25) is 9.69 Å². The predicted molar refractivity (Wildman–Crippen MR) is 99.4 cm³/mol. The van der Waals surface area contributed by atoms with Gasteiger partial charge in [0, 0.05) is 18.9 Å². The number of benzene rings is 1. The smallest absolute Gasteiger partial charge is 0.266 e. The zero-order chi connectivity index (χ0) is 18.0. The lowest BCUT2D eigenvalue weighted by molar-refractivity contribution is -0.310.